The quantitative estimate of drug-likeness (QED) is 0.243. The fourth-order valence-corrected chi connectivity index (χ4v) is 7.68. The molecule has 5 rings (SSSR count). The van der Waals surface area contributed by atoms with Crippen molar-refractivity contribution in [2.24, 2.45) is 11.8 Å². The summed E-state index contributed by atoms with van der Waals surface area (Å²) in [7, 11) is -9.50. The molecule has 1 aliphatic carbocycles. The van der Waals surface area contributed by atoms with Crippen LogP contribution in [0, 0.1) is 23.2 Å². The van der Waals surface area contributed by atoms with E-state index in [2.05, 4.69) is 16.0 Å². The first-order valence-electron chi connectivity index (χ1n) is 10.8. The number of nitriles is 1. The molecule has 0 amide bonds. The smallest absolute Gasteiger partial charge is 0.340 e. The van der Waals surface area contributed by atoms with Crippen LogP contribution in [0.3, 0.4) is 0 Å². The zero-order chi connectivity index (χ0) is 25.3. The number of hydrogen-bond acceptors (Lipinski definition) is 9. The minimum Gasteiger partial charge on any atom is -0.387 e. The minimum absolute atomic E-state index is 0.0119. The average Bonchev–Trinajstić information content (AvgIpc) is 3.05. The van der Waals surface area contributed by atoms with E-state index in [4.69, 9.17) is 30.6 Å². The van der Waals surface area contributed by atoms with Crippen molar-refractivity contribution >= 4 is 43.5 Å². The van der Waals surface area contributed by atoms with E-state index in [9.17, 15) is 29.5 Å². The molecule has 1 saturated carbocycles. The molecular weight excluding hydrogens is 526 g/mol. The lowest BCUT2D eigenvalue weighted by Gasteiger charge is -2.23. The summed E-state index contributed by atoms with van der Waals surface area (Å²) in [5.74, 6) is -0.203. The first-order chi connectivity index (χ1) is 16.4. The first-order valence-corrected chi connectivity index (χ1v) is 14.7. The molecule has 2 aliphatic heterocycles. The summed E-state index contributed by atoms with van der Waals surface area (Å²) in [4.78, 5) is 33.9. The maximum Gasteiger partial charge on any atom is 0.340 e. The number of pyridine rings is 1. The molecule has 7 atom stereocenters. The molecule has 3 aliphatic rings. The number of nitrogens with zero attached hydrogens (tertiary/aromatic N) is 4. The Morgan fingerprint density at radius 2 is 1.91 bits per heavy atom. The Morgan fingerprint density at radius 1 is 1.23 bits per heavy atom. The average molecular weight is 549 g/mol. The standard InChI is InChI=1S/C19H23ClN4O9P2/c20-17-12(4-21)14(23-5-9-3-10(9)6-23)11-1-2-24(18(11)22-17)19-16(26)15(25)13(33-19)7-32-35(30,31)8-34(27,28)29/h1-2,9-10,13,15-16,19,25-26H,3,5-8H2,(H,30,31)(H2,27,28,29)/t9?,10?,13-,15-,16-,19-/m1/s1. The van der Waals surface area contributed by atoms with Crippen molar-refractivity contribution in [2.45, 2.75) is 31.0 Å². The van der Waals surface area contributed by atoms with Gasteiger partial charge >= 0.3 is 15.2 Å². The second-order valence-corrected chi connectivity index (χ2v) is 13.5. The highest BCUT2D eigenvalue weighted by Gasteiger charge is 2.47. The number of anilines is 1. The fourth-order valence-electron chi connectivity index (χ4n) is 4.90. The van der Waals surface area contributed by atoms with Crippen LogP contribution in [0.2, 0.25) is 5.15 Å². The zero-order valence-corrected chi connectivity index (χ0v) is 20.6. The SMILES string of the molecule is N#Cc1c(Cl)nc2c(ccn2[C@@H]2O[C@H](COP(=O)(O)CP(=O)(O)O)[C@@H](O)[C@H]2O)c1N1CC2CC2C1. The van der Waals surface area contributed by atoms with Gasteiger partial charge in [0.2, 0.25) is 0 Å². The number of fused-ring (bicyclic) bond motifs is 2. The number of rotatable bonds is 7. The summed E-state index contributed by atoms with van der Waals surface area (Å²) >= 11 is 6.35. The normalized spacial score (nSPS) is 32.0. The molecule has 2 aromatic heterocycles. The van der Waals surface area contributed by atoms with Gasteiger partial charge in [-0.2, -0.15) is 5.26 Å². The molecule has 0 aromatic carbocycles. The van der Waals surface area contributed by atoms with Crippen LogP contribution < -0.4 is 4.90 Å². The predicted octanol–water partition coefficient (Wildman–Crippen LogP) is 0.974. The van der Waals surface area contributed by atoms with Crippen molar-refractivity contribution in [3.05, 3.63) is 23.0 Å². The Hall–Kier alpha value is -1.55. The van der Waals surface area contributed by atoms with Crippen LogP contribution in [0.25, 0.3) is 11.0 Å². The molecule has 5 N–H and O–H groups in total. The van der Waals surface area contributed by atoms with Crippen molar-refractivity contribution in [2.75, 3.05) is 30.5 Å². The van der Waals surface area contributed by atoms with Gasteiger partial charge in [0.15, 0.2) is 17.3 Å². The van der Waals surface area contributed by atoms with Gasteiger partial charge in [0, 0.05) is 24.7 Å². The van der Waals surface area contributed by atoms with Crippen LogP contribution in [0.1, 0.15) is 18.2 Å². The predicted molar refractivity (Wildman–Crippen MR) is 122 cm³/mol. The Kier molecular flexibility index (Phi) is 6.30. The van der Waals surface area contributed by atoms with Gasteiger partial charge < -0.3 is 43.6 Å². The monoisotopic (exact) mass is 548 g/mol. The van der Waals surface area contributed by atoms with Crippen LogP contribution in [0.4, 0.5) is 5.69 Å². The minimum atomic E-state index is -4.82. The highest BCUT2D eigenvalue weighted by Crippen LogP contribution is 2.55. The largest absolute Gasteiger partial charge is 0.387 e. The second-order valence-electron chi connectivity index (χ2n) is 9.14. The molecule has 35 heavy (non-hydrogen) atoms. The lowest BCUT2D eigenvalue weighted by atomic mass is 10.1. The van der Waals surface area contributed by atoms with Crippen LogP contribution in [-0.4, -0.2) is 78.4 Å². The number of piperidine rings is 1. The maximum absolute atomic E-state index is 11.9. The van der Waals surface area contributed by atoms with E-state index in [1.165, 1.54) is 11.0 Å². The van der Waals surface area contributed by atoms with E-state index < -0.39 is 52.2 Å². The van der Waals surface area contributed by atoms with E-state index >= 15 is 0 Å². The van der Waals surface area contributed by atoms with Crippen molar-refractivity contribution in [3.63, 3.8) is 0 Å². The lowest BCUT2D eigenvalue weighted by molar-refractivity contribution is -0.0481. The molecule has 190 valence electrons. The van der Waals surface area contributed by atoms with E-state index in [1.807, 2.05) is 0 Å². The molecule has 2 aromatic rings. The molecule has 3 unspecified atom stereocenters. The van der Waals surface area contributed by atoms with E-state index in [0.29, 0.717) is 28.6 Å². The molecule has 13 nitrogen and oxygen atoms in total. The van der Waals surface area contributed by atoms with Crippen LogP contribution in [0.15, 0.2) is 12.3 Å². The van der Waals surface area contributed by atoms with Crippen LogP contribution in [0.5, 0.6) is 0 Å². The first kappa shape index (κ1) is 25.1. The van der Waals surface area contributed by atoms with Gasteiger partial charge in [-0.05, 0) is 24.3 Å². The van der Waals surface area contributed by atoms with E-state index in [-0.39, 0.29) is 10.7 Å². The van der Waals surface area contributed by atoms with Gasteiger partial charge in [0.1, 0.15) is 35.6 Å². The topological polar surface area (TPSA) is 199 Å². The van der Waals surface area contributed by atoms with Gasteiger partial charge in [0.25, 0.3) is 0 Å². The molecule has 2 saturated heterocycles. The molecule has 4 heterocycles. The Balaban J connectivity index is 1.41. The van der Waals surface area contributed by atoms with Crippen molar-refractivity contribution in [1.82, 2.24) is 9.55 Å². The highest BCUT2D eigenvalue weighted by atomic mass is 35.5. The summed E-state index contributed by atoms with van der Waals surface area (Å²) in [6.07, 6.45) is -2.73. The molecule has 0 spiro atoms. The lowest BCUT2D eigenvalue weighted by Crippen LogP contribution is -2.33. The number of ether oxygens (including phenoxy) is 1. The van der Waals surface area contributed by atoms with Crippen molar-refractivity contribution in [3.8, 4) is 6.07 Å². The van der Waals surface area contributed by atoms with Crippen molar-refractivity contribution in [1.29, 1.82) is 5.26 Å². The summed E-state index contributed by atoms with van der Waals surface area (Å²) in [5, 5.41) is 31.4. The van der Waals surface area contributed by atoms with E-state index in [1.54, 1.807) is 12.3 Å². The molecule has 3 fully saturated rings. The van der Waals surface area contributed by atoms with Gasteiger partial charge in [-0.25, -0.2) is 4.98 Å². The van der Waals surface area contributed by atoms with E-state index in [0.717, 1.165) is 13.1 Å². The number of aromatic nitrogens is 2. The van der Waals surface area contributed by atoms with Crippen molar-refractivity contribution < 1.29 is 43.3 Å². The molecule has 0 bridgehead atoms. The summed E-state index contributed by atoms with van der Waals surface area (Å²) in [6.45, 7) is 0.906. The van der Waals surface area contributed by atoms with Gasteiger partial charge in [-0.15, -0.1) is 0 Å². The highest BCUT2D eigenvalue weighted by molar-refractivity contribution is 7.70. The maximum atomic E-state index is 11.9. The fraction of sp³-hybridized carbons (Fsp3) is 0.579. The molecule has 0 radical (unpaired) electrons. The van der Waals surface area contributed by atoms with Crippen LogP contribution >= 0.6 is 26.8 Å². The second kappa shape index (κ2) is 8.78. The molecular formula is C19H23ClN4O9P2. The van der Waals surface area contributed by atoms with Gasteiger partial charge in [-0.3, -0.25) is 9.13 Å². The Bertz CT molecular complexity index is 1300. The third-order valence-electron chi connectivity index (χ3n) is 6.61. The number of aliphatic hydroxyl groups is 2. The summed E-state index contributed by atoms with van der Waals surface area (Å²) in [6, 6.07) is 3.84. The summed E-state index contributed by atoms with van der Waals surface area (Å²) in [5.41, 5.74) is 1.22. The third kappa shape index (κ3) is 4.77. The van der Waals surface area contributed by atoms with Gasteiger partial charge in [-0.1, -0.05) is 11.6 Å². The zero-order valence-electron chi connectivity index (χ0n) is 18.1. The Morgan fingerprint density at radius 3 is 2.54 bits per heavy atom. The third-order valence-corrected chi connectivity index (χ3v) is 10.3. The van der Waals surface area contributed by atoms with Gasteiger partial charge in [0.05, 0.1) is 12.3 Å². The Labute approximate surface area is 204 Å². The summed E-state index contributed by atoms with van der Waals surface area (Å²) < 4.78 is 34.8. The van der Waals surface area contributed by atoms with Crippen LogP contribution in [-0.2, 0) is 18.4 Å². The molecule has 16 heteroatoms. The number of halogens is 1. The number of aliphatic hydroxyl groups excluding tert-OH is 2. The number of hydrogen-bond donors (Lipinski definition) is 5.